The highest BCUT2D eigenvalue weighted by Gasteiger charge is 2.17. The number of hydrogen-bond donors (Lipinski definition) is 1. The van der Waals surface area contributed by atoms with Crippen molar-refractivity contribution in [3.8, 4) is 0 Å². The molecule has 6 nitrogen and oxygen atoms in total. The van der Waals surface area contributed by atoms with Gasteiger partial charge in [-0.3, -0.25) is 14.9 Å². The number of amides is 1. The summed E-state index contributed by atoms with van der Waals surface area (Å²) >= 11 is 0. The molecular weight excluding hydrogens is 210 g/mol. The van der Waals surface area contributed by atoms with Gasteiger partial charge in [-0.2, -0.15) is 0 Å². The monoisotopic (exact) mass is 223 g/mol. The number of nitrogens with one attached hydrogen (secondary N) is 1. The van der Waals surface area contributed by atoms with Crippen molar-refractivity contribution in [3.05, 3.63) is 33.9 Å². The van der Waals surface area contributed by atoms with Gasteiger partial charge in [-0.15, -0.1) is 0 Å². The van der Waals surface area contributed by atoms with Crippen LogP contribution in [-0.2, 0) is 0 Å². The van der Waals surface area contributed by atoms with Gasteiger partial charge in [0.2, 0.25) is 0 Å². The first-order valence-electron chi connectivity index (χ1n) is 4.65. The van der Waals surface area contributed by atoms with Crippen LogP contribution in [-0.4, -0.2) is 36.9 Å². The van der Waals surface area contributed by atoms with Crippen LogP contribution in [0.3, 0.4) is 0 Å². The second kappa shape index (κ2) is 4.61. The van der Waals surface area contributed by atoms with E-state index >= 15 is 0 Å². The first-order valence-corrected chi connectivity index (χ1v) is 4.65. The minimum Gasteiger partial charge on any atom is -0.387 e. The van der Waals surface area contributed by atoms with E-state index in [1.807, 2.05) is 0 Å². The quantitative estimate of drug-likeness (QED) is 0.619. The first kappa shape index (κ1) is 12.0. The maximum Gasteiger partial charge on any atom is 0.270 e. The molecule has 0 aliphatic rings. The van der Waals surface area contributed by atoms with Gasteiger partial charge in [0, 0.05) is 39.0 Å². The molecule has 0 heterocycles. The van der Waals surface area contributed by atoms with Gasteiger partial charge in [-0.25, -0.2) is 0 Å². The molecule has 0 saturated heterocycles. The van der Waals surface area contributed by atoms with Crippen LogP contribution in [0.4, 0.5) is 11.4 Å². The molecule has 0 bridgehead atoms. The lowest BCUT2D eigenvalue weighted by Crippen LogP contribution is -2.22. The Morgan fingerprint density at radius 3 is 2.50 bits per heavy atom. The molecule has 1 amide bonds. The van der Waals surface area contributed by atoms with Crippen LogP contribution in [0.1, 0.15) is 10.4 Å². The predicted molar refractivity (Wildman–Crippen MR) is 60.7 cm³/mol. The second-order valence-corrected chi connectivity index (χ2v) is 3.44. The Labute approximate surface area is 93.0 Å². The van der Waals surface area contributed by atoms with Crippen molar-refractivity contribution >= 4 is 17.3 Å². The Morgan fingerprint density at radius 1 is 1.44 bits per heavy atom. The number of nitro benzene ring substituents is 1. The number of carbonyl (C=O) groups is 1. The van der Waals surface area contributed by atoms with E-state index in [2.05, 4.69) is 5.32 Å². The molecule has 0 saturated carbocycles. The van der Waals surface area contributed by atoms with Crippen molar-refractivity contribution in [1.82, 2.24) is 4.90 Å². The van der Waals surface area contributed by atoms with E-state index in [0.29, 0.717) is 11.3 Å². The topological polar surface area (TPSA) is 75.5 Å². The predicted octanol–water partition coefficient (Wildman–Crippen LogP) is 1.34. The van der Waals surface area contributed by atoms with Crippen molar-refractivity contribution in [2.75, 3.05) is 26.5 Å². The van der Waals surface area contributed by atoms with Crippen molar-refractivity contribution in [3.63, 3.8) is 0 Å². The van der Waals surface area contributed by atoms with E-state index in [-0.39, 0.29) is 11.6 Å². The van der Waals surface area contributed by atoms with Crippen LogP contribution >= 0.6 is 0 Å². The maximum atomic E-state index is 11.8. The van der Waals surface area contributed by atoms with Crippen LogP contribution in [0, 0.1) is 10.1 Å². The largest absolute Gasteiger partial charge is 0.387 e. The standard InChI is InChI=1S/C10H13N3O3/c1-11-9-5-4-7(13(15)16)6-8(9)10(14)12(2)3/h4-6,11H,1-3H3. The number of non-ortho nitro benzene ring substituents is 1. The average Bonchev–Trinajstić information content (AvgIpc) is 2.26. The van der Waals surface area contributed by atoms with E-state index in [4.69, 9.17) is 0 Å². The molecular formula is C10H13N3O3. The molecule has 16 heavy (non-hydrogen) atoms. The smallest absolute Gasteiger partial charge is 0.270 e. The zero-order chi connectivity index (χ0) is 12.3. The number of anilines is 1. The van der Waals surface area contributed by atoms with Gasteiger partial charge in [0.05, 0.1) is 10.5 Å². The fourth-order valence-corrected chi connectivity index (χ4v) is 1.28. The molecule has 0 aromatic heterocycles. The summed E-state index contributed by atoms with van der Waals surface area (Å²) in [6, 6.07) is 4.15. The van der Waals surface area contributed by atoms with Crippen molar-refractivity contribution in [2.24, 2.45) is 0 Å². The third kappa shape index (κ3) is 2.28. The van der Waals surface area contributed by atoms with Crippen LogP contribution in [0.15, 0.2) is 18.2 Å². The molecule has 1 rings (SSSR count). The minimum absolute atomic E-state index is 0.0933. The van der Waals surface area contributed by atoms with Gasteiger partial charge in [0.25, 0.3) is 11.6 Å². The van der Waals surface area contributed by atoms with E-state index in [9.17, 15) is 14.9 Å². The summed E-state index contributed by atoms with van der Waals surface area (Å²) in [7, 11) is 4.86. The molecule has 0 aliphatic heterocycles. The SMILES string of the molecule is CNc1ccc([N+](=O)[O-])cc1C(=O)N(C)C. The van der Waals surface area contributed by atoms with Gasteiger partial charge in [0.15, 0.2) is 0 Å². The number of rotatable bonds is 3. The highest BCUT2D eigenvalue weighted by atomic mass is 16.6. The Bertz CT molecular complexity index is 429. The zero-order valence-corrected chi connectivity index (χ0v) is 9.35. The third-order valence-electron chi connectivity index (χ3n) is 2.12. The lowest BCUT2D eigenvalue weighted by molar-refractivity contribution is -0.384. The summed E-state index contributed by atoms with van der Waals surface area (Å²) in [5, 5.41) is 13.4. The molecule has 0 radical (unpaired) electrons. The first-order chi connectivity index (χ1) is 7.47. The highest BCUT2D eigenvalue weighted by molar-refractivity contribution is 6.00. The van der Waals surface area contributed by atoms with Crippen LogP contribution in [0.5, 0.6) is 0 Å². The van der Waals surface area contributed by atoms with Crippen molar-refractivity contribution in [2.45, 2.75) is 0 Å². The Hall–Kier alpha value is -2.11. The number of carbonyl (C=O) groups excluding carboxylic acids is 1. The van der Waals surface area contributed by atoms with Gasteiger partial charge in [-0.05, 0) is 6.07 Å². The Kier molecular flexibility index (Phi) is 3.44. The molecule has 86 valence electrons. The van der Waals surface area contributed by atoms with Gasteiger partial charge in [-0.1, -0.05) is 0 Å². The number of hydrogen-bond acceptors (Lipinski definition) is 4. The molecule has 0 unspecified atom stereocenters. The van der Waals surface area contributed by atoms with Gasteiger partial charge in [0.1, 0.15) is 0 Å². The van der Waals surface area contributed by atoms with Gasteiger partial charge < -0.3 is 10.2 Å². The van der Waals surface area contributed by atoms with E-state index < -0.39 is 4.92 Å². The molecule has 1 aromatic carbocycles. The van der Waals surface area contributed by atoms with E-state index in [1.54, 1.807) is 21.1 Å². The lowest BCUT2D eigenvalue weighted by atomic mass is 10.1. The number of nitrogens with zero attached hydrogens (tertiary/aromatic N) is 2. The molecule has 0 spiro atoms. The summed E-state index contributed by atoms with van der Waals surface area (Å²) in [5.74, 6) is -0.270. The normalized spacial score (nSPS) is 9.69. The van der Waals surface area contributed by atoms with Crippen LogP contribution in [0.25, 0.3) is 0 Å². The Balaban J connectivity index is 3.27. The fourth-order valence-electron chi connectivity index (χ4n) is 1.28. The summed E-state index contributed by atoms with van der Waals surface area (Å²) in [6.07, 6.45) is 0. The average molecular weight is 223 g/mol. The summed E-state index contributed by atoms with van der Waals surface area (Å²) in [6.45, 7) is 0. The third-order valence-corrected chi connectivity index (χ3v) is 2.12. The zero-order valence-electron chi connectivity index (χ0n) is 9.35. The fraction of sp³-hybridized carbons (Fsp3) is 0.300. The molecule has 0 fully saturated rings. The van der Waals surface area contributed by atoms with E-state index in [1.165, 1.54) is 23.1 Å². The summed E-state index contributed by atoms with van der Waals surface area (Å²) in [4.78, 5) is 23.2. The minimum atomic E-state index is -0.522. The summed E-state index contributed by atoms with van der Waals surface area (Å²) in [5.41, 5.74) is 0.773. The molecule has 0 aliphatic carbocycles. The van der Waals surface area contributed by atoms with Gasteiger partial charge >= 0.3 is 0 Å². The van der Waals surface area contributed by atoms with E-state index in [0.717, 1.165) is 0 Å². The molecule has 6 heteroatoms. The number of nitro groups is 1. The second-order valence-electron chi connectivity index (χ2n) is 3.44. The van der Waals surface area contributed by atoms with Crippen molar-refractivity contribution < 1.29 is 9.72 Å². The Morgan fingerprint density at radius 2 is 2.06 bits per heavy atom. The maximum absolute atomic E-state index is 11.8. The highest BCUT2D eigenvalue weighted by Crippen LogP contribution is 2.22. The summed E-state index contributed by atoms with van der Waals surface area (Å²) < 4.78 is 0. The van der Waals surface area contributed by atoms with Crippen molar-refractivity contribution in [1.29, 1.82) is 0 Å². The lowest BCUT2D eigenvalue weighted by Gasteiger charge is -2.13. The van der Waals surface area contributed by atoms with Crippen LogP contribution in [0.2, 0.25) is 0 Å². The number of benzene rings is 1. The molecule has 1 aromatic rings. The van der Waals surface area contributed by atoms with Crippen LogP contribution < -0.4 is 5.32 Å². The molecule has 1 N–H and O–H groups in total. The molecule has 0 atom stereocenters.